The van der Waals surface area contributed by atoms with Gasteiger partial charge in [-0.25, -0.2) is 4.98 Å². The third-order valence-electron chi connectivity index (χ3n) is 2.91. The van der Waals surface area contributed by atoms with Crippen LogP contribution in [0.3, 0.4) is 0 Å². The molecule has 0 unspecified atom stereocenters. The number of rotatable bonds is 3. The van der Waals surface area contributed by atoms with Gasteiger partial charge in [0.15, 0.2) is 0 Å². The van der Waals surface area contributed by atoms with Crippen LogP contribution in [0, 0.1) is 6.92 Å². The number of fused-ring (bicyclic) bond motifs is 1. The van der Waals surface area contributed by atoms with E-state index in [2.05, 4.69) is 68.7 Å². The summed E-state index contributed by atoms with van der Waals surface area (Å²) in [5.41, 5.74) is 3.49. The molecule has 1 heterocycles. The first-order valence-electron chi connectivity index (χ1n) is 6.06. The Kier molecular flexibility index (Phi) is 3.53. The summed E-state index contributed by atoms with van der Waals surface area (Å²) in [4.78, 5) is 4.47. The summed E-state index contributed by atoms with van der Waals surface area (Å²) in [6, 6.07) is 14.7. The van der Waals surface area contributed by atoms with Gasteiger partial charge >= 0.3 is 0 Å². The van der Waals surface area contributed by atoms with Crippen molar-refractivity contribution in [3.8, 4) is 0 Å². The van der Waals surface area contributed by atoms with Crippen LogP contribution in [0.25, 0.3) is 10.2 Å². The Morgan fingerprint density at radius 3 is 2.74 bits per heavy atom. The predicted octanol–water partition coefficient (Wildman–Crippen LogP) is 4.98. The standard InChI is InChI=1S/C15H13BrN2S/c1-10-18-14-7-6-13(8-15(14)19-10)17-9-11-2-4-12(16)5-3-11/h2-8,17H,9H2,1H3. The smallest absolute Gasteiger partial charge is 0.0907 e. The number of nitrogens with zero attached hydrogens (tertiary/aromatic N) is 1. The Labute approximate surface area is 124 Å². The third-order valence-corrected chi connectivity index (χ3v) is 4.37. The molecule has 0 amide bonds. The molecule has 1 aromatic heterocycles. The predicted molar refractivity (Wildman–Crippen MR) is 85.8 cm³/mol. The molecule has 2 nitrogen and oxygen atoms in total. The highest BCUT2D eigenvalue weighted by atomic mass is 79.9. The van der Waals surface area contributed by atoms with Crippen LogP contribution in [-0.4, -0.2) is 4.98 Å². The van der Waals surface area contributed by atoms with Crippen LogP contribution in [0.4, 0.5) is 5.69 Å². The van der Waals surface area contributed by atoms with E-state index in [0.717, 1.165) is 27.2 Å². The molecule has 4 heteroatoms. The highest BCUT2D eigenvalue weighted by Crippen LogP contribution is 2.25. The van der Waals surface area contributed by atoms with Crippen molar-refractivity contribution < 1.29 is 0 Å². The molecule has 1 N–H and O–H groups in total. The fourth-order valence-electron chi connectivity index (χ4n) is 1.96. The molecular formula is C15H13BrN2S. The van der Waals surface area contributed by atoms with Gasteiger partial charge < -0.3 is 5.32 Å². The molecule has 3 rings (SSSR count). The summed E-state index contributed by atoms with van der Waals surface area (Å²) in [5, 5.41) is 4.56. The Morgan fingerprint density at radius 2 is 1.95 bits per heavy atom. The van der Waals surface area contributed by atoms with E-state index in [4.69, 9.17) is 0 Å². The van der Waals surface area contributed by atoms with E-state index in [9.17, 15) is 0 Å². The zero-order chi connectivity index (χ0) is 13.2. The number of benzene rings is 2. The fraction of sp³-hybridized carbons (Fsp3) is 0.133. The van der Waals surface area contributed by atoms with Crippen molar-refractivity contribution in [1.29, 1.82) is 0 Å². The van der Waals surface area contributed by atoms with Gasteiger partial charge in [0, 0.05) is 16.7 Å². The van der Waals surface area contributed by atoms with Crippen molar-refractivity contribution in [2.24, 2.45) is 0 Å². The molecule has 0 saturated carbocycles. The number of aryl methyl sites for hydroxylation is 1. The first kappa shape index (κ1) is 12.6. The molecule has 0 saturated heterocycles. The number of hydrogen-bond donors (Lipinski definition) is 1. The average molecular weight is 333 g/mol. The van der Waals surface area contributed by atoms with Crippen molar-refractivity contribution in [2.75, 3.05) is 5.32 Å². The second kappa shape index (κ2) is 5.31. The van der Waals surface area contributed by atoms with E-state index in [1.807, 2.05) is 6.92 Å². The van der Waals surface area contributed by atoms with Crippen LogP contribution >= 0.6 is 27.3 Å². The lowest BCUT2D eigenvalue weighted by Crippen LogP contribution is -1.98. The molecule has 0 atom stereocenters. The molecule has 0 bridgehead atoms. The van der Waals surface area contributed by atoms with Gasteiger partial charge in [0.1, 0.15) is 0 Å². The minimum absolute atomic E-state index is 0.830. The summed E-state index contributed by atoms with van der Waals surface area (Å²) in [6.07, 6.45) is 0. The highest BCUT2D eigenvalue weighted by molar-refractivity contribution is 9.10. The van der Waals surface area contributed by atoms with Crippen LogP contribution in [0.5, 0.6) is 0 Å². The lowest BCUT2D eigenvalue weighted by molar-refractivity contribution is 1.15. The summed E-state index contributed by atoms with van der Waals surface area (Å²) >= 11 is 5.18. The Morgan fingerprint density at radius 1 is 1.16 bits per heavy atom. The molecule has 2 aromatic carbocycles. The maximum Gasteiger partial charge on any atom is 0.0907 e. The summed E-state index contributed by atoms with van der Waals surface area (Å²) in [7, 11) is 0. The Hall–Kier alpha value is -1.39. The van der Waals surface area contributed by atoms with E-state index in [1.165, 1.54) is 10.3 Å². The number of nitrogens with one attached hydrogen (secondary N) is 1. The molecule has 0 aliphatic heterocycles. The summed E-state index contributed by atoms with van der Waals surface area (Å²) in [6.45, 7) is 2.87. The third kappa shape index (κ3) is 2.96. The number of thiazole rings is 1. The quantitative estimate of drug-likeness (QED) is 0.731. The zero-order valence-electron chi connectivity index (χ0n) is 10.5. The summed E-state index contributed by atoms with van der Waals surface area (Å²) < 4.78 is 2.34. The highest BCUT2D eigenvalue weighted by Gasteiger charge is 2.01. The van der Waals surface area contributed by atoms with Crippen LogP contribution in [0.15, 0.2) is 46.9 Å². The van der Waals surface area contributed by atoms with Gasteiger partial charge in [-0.1, -0.05) is 28.1 Å². The second-order valence-corrected chi connectivity index (χ2v) is 6.55. The molecule has 0 fully saturated rings. The van der Waals surface area contributed by atoms with Gasteiger partial charge in [-0.3, -0.25) is 0 Å². The Balaban J connectivity index is 1.75. The maximum absolute atomic E-state index is 4.47. The molecule has 0 radical (unpaired) electrons. The van der Waals surface area contributed by atoms with Crippen LogP contribution in [0.1, 0.15) is 10.6 Å². The first-order valence-corrected chi connectivity index (χ1v) is 7.67. The van der Waals surface area contributed by atoms with Crippen molar-refractivity contribution in [3.05, 3.63) is 57.5 Å². The minimum Gasteiger partial charge on any atom is -0.381 e. The van der Waals surface area contributed by atoms with E-state index >= 15 is 0 Å². The number of anilines is 1. The van der Waals surface area contributed by atoms with E-state index in [0.29, 0.717) is 0 Å². The van der Waals surface area contributed by atoms with Crippen LogP contribution in [0.2, 0.25) is 0 Å². The van der Waals surface area contributed by atoms with Crippen LogP contribution in [-0.2, 0) is 6.54 Å². The molecule has 0 aliphatic carbocycles. The van der Waals surface area contributed by atoms with Crippen LogP contribution < -0.4 is 5.32 Å². The normalized spacial score (nSPS) is 10.8. The fourth-order valence-corrected chi connectivity index (χ4v) is 3.09. The monoisotopic (exact) mass is 332 g/mol. The molecule has 96 valence electrons. The number of hydrogen-bond acceptors (Lipinski definition) is 3. The van der Waals surface area contributed by atoms with Gasteiger partial charge in [0.25, 0.3) is 0 Å². The van der Waals surface area contributed by atoms with Gasteiger partial charge in [-0.2, -0.15) is 0 Å². The number of aromatic nitrogens is 1. The van der Waals surface area contributed by atoms with Crippen molar-refractivity contribution >= 4 is 43.2 Å². The second-order valence-electron chi connectivity index (χ2n) is 4.40. The maximum atomic E-state index is 4.47. The average Bonchev–Trinajstić information content (AvgIpc) is 2.77. The number of halogens is 1. The largest absolute Gasteiger partial charge is 0.381 e. The van der Waals surface area contributed by atoms with Crippen molar-refractivity contribution in [3.63, 3.8) is 0 Å². The topological polar surface area (TPSA) is 24.9 Å². The molecule has 3 aromatic rings. The molecule has 0 spiro atoms. The summed E-state index contributed by atoms with van der Waals surface area (Å²) in [5.74, 6) is 0. The van der Waals surface area contributed by atoms with Gasteiger partial charge in [-0.05, 0) is 42.8 Å². The molecule has 19 heavy (non-hydrogen) atoms. The van der Waals surface area contributed by atoms with E-state index in [-0.39, 0.29) is 0 Å². The minimum atomic E-state index is 0.830. The molecular weight excluding hydrogens is 320 g/mol. The van der Waals surface area contributed by atoms with E-state index < -0.39 is 0 Å². The van der Waals surface area contributed by atoms with Crippen molar-refractivity contribution in [2.45, 2.75) is 13.5 Å². The first-order chi connectivity index (χ1) is 9.20. The van der Waals surface area contributed by atoms with Crippen molar-refractivity contribution in [1.82, 2.24) is 4.98 Å². The van der Waals surface area contributed by atoms with E-state index in [1.54, 1.807) is 11.3 Å². The zero-order valence-corrected chi connectivity index (χ0v) is 12.9. The van der Waals surface area contributed by atoms with Gasteiger partial charge in [0.2, 0.25) is 0 Å². The Bertz CT molecular complexity index is 704. The van der Waals surface area contributed by atoms with Gasteiger partial charge in [0.05, 0.1) is 15.2 Å². The van der Waals surface area contributed by atoms with Gasteiger partial charge in [-0.15, -0.1) is 11.3 Å². The molecule has 0 aliphatic rings. The lowest BCUT2D eigenvalue weighted by atomic mass is 10.2. The lowest BCUT2D eigenvalue weighted by Gasteiger charge is -2.06. The SMILES string of the molecule is Cc1nc2ccc(NCc3ccc(Br)cc3)cc2s1.